The van der Waals surface area contributed by atoms with E-state index in [1.54, 1.807) is 13.0 Å². The Balaban J connectivity index is 2.70. The van der Waals surface area contributed by atoms with Crippen molar-refractivity contribution in [1.82, 2.24) is 0 Å². The van der Waals surface area contributed by atoms with Crippen molar-refractivity contribution in [3.63, 3.8) is 0 Å². The SMILES string of the molecule is CC1=C(F)CCC(CC(=O)O)=C1. The molecule has 0 aromatic heterocycles. The lowest BCUT2D eigenvalue weighted by Gasteiger charge is -2.11. The minimum Gasteiger partial charge on any atom is -0.481 e. The van der Waals surface area contributed by atoms with E-state index in [9.17, 15) is 9.18 Å². The number of hydrogen-bond acceptors (Lipinski definition) is 1. The van der Waals surface area contributed by atoms with Gasteiger partial charge >= 0.3 is 5.97 Å². The van der Waals surface area contributed by atoms with Gasteiger partial charge in [-0.1, -0.05) is 11.6 Å². The summed E-state index contributed by atoms with van der Waals surface area (Å²) in [6, 6.07) is 0. The second-order valence-corrected chi connectivity index (χ2v) is 2.96. The molecule has 0 saturated heterocycles. The van der Waals surface area contributed by atoms with E-state index >= 15 is 0 Å². The van der Waals surface area contributed by atoms with Crippen LogP contribution in [0.2, 0.25) is 0 Å². The zero-order chi connectivity index (χ0) is 9.14. The molecule has 2 nitrogen and oxygen atoms in total. The molecule has 0 spiro atoms. The molecule has 0 aromatic rings. The molecule has 1 aliphatic carbocycles. The fourth-order valence-electron chi connectivity index (χ4n) is 1.26. The second kappa shape index (κ2) is 3.52. The molecular weight excluding hydrogens is 159 g/mol. The van der Waals surface area contributed by atoms with Gasteiger partial charge in [-0.3, -0.25) is 4.79 Å². The minimum atomic E-state index is -0.851. The lowest BCUT2D eigenvalue weighted by Crippen LogP contribution is -2.01. The second-order valence-electron chi connectivity index (χ2n) is 2.96. The number of halogens is 1. The van der Waals surface area contributed by atoms with Crippen molar-refractivity contribution in [3.05, 3.63) is 23.0 Å². The number of allylic oxidation sites excluding steroid dienone is 3. The van der Waals surface area contributed by atoms with Crippen LogP contribution in [-0.4, -0.2) is 11.1 Å². The molecule has 3 heteroatoms. The lowest BCUT2D eigenvalue weighted by atomic mass is 9.97. The molecule has 1 aliphatic rings. The van der Waals surface area contributed by atoms with E-state index in [1.165, 1.54) is 0 Å². The normalized spacial score (nSPS) is 17.7. The fraction of sp³-hybridized carbons (Fsp3) is 0.444. The third-order valence-electron chi connectivity index (χ3n) is 1.89. The quantitative estimate of drug-likeness (QED) is 0.691. The molecule has 1 rings (SSSR count). The number of carboxylic acid groups (broad SMARTS) is 1. The van der Waals surface area contributed by atoms with Gasteiger partial charge in [-0.2, -0.15) is 0 Å². The Hall–Kier alpha value is -1.12. The maximum absolute atomic E-state index is 12.8. The van der Waals surface area contributed by atoms with Crippen LogP contribution in [0.3, 0.4) is 0 Å². The average Bonchev–Trinajstić information content (AvgIpc) is 1.96. The Bertz CT molecular complexity index is 264. The van der Waals surface area contributed by atoms with Crippen molar-refractivity contribution in [3.8, 4) is 0 Å². The molecule has 0 bridgehead atoms. The summed E-state index contributed by atoms with van der Waals surface area (Å²) in [6.45, 7) is 1.66. The van der Waals surface area contributed by atoms with Gasteiger partial charge in [0.25, 0.3) is 0 Å². The molecule has 0 aromatic carbocycles. The smallest absolute Gasteiger partial charge is 0.307 e. The van der Waals surface area contributed by atoms with Crippen molar-refractivity contribution < 1.29 is 14.3 Å². The summed E-state index contributed by atoms with van der Waals surface area (Å²) in [5, 5.41) is 8.47. The van der Waals surface area contributed by atoms with Crippen LogP contribution in [0.4, 0.5) is 4.39 Å². The first-order chi connectivity index (χ1) is 5.59. The Morgan fingerprint density at radius 2 is 2.33 bits per heavy atom. The van der Waals surface area contributed by atoms with Crippen LogP contribution in [0.15, 0.2) is 23.0 Å². The molecular formula is C9H11FO2. The molecule has 12 heavy (non-hydrogen) atoms. The van der Waals surface area contributed by atoms with Crippen molar-refractivity contribution in [2.24, 2.45) is 0 Å². The van der Waals surface area contributed by atoms with Crippen LogP contribution in [0, 0.1) is 0 Å². The summed E-state index contributed by atoms with van der Waals surface area (Å²) in [7, 11) is 0. The van der Waals surface area contributed by atoms with Crippen LogP contribution in [-0.2, 0) is 4.79 Å². The highest BCUT2D eigenvalue weighted by atomic mass is 19.1. The number of rotatable bonds is 2. The Kier molecular flexibility index (Phi) is 2.63. The van der Waals surface area contributed by atoms with Crippen LogP contribution < -0.4 is 0 Å². The topological polar surface area (TPSA) is 37.3 Å². The predicted octanol–water partition coefficient (Wildman–Crippen LogP) is 2.42. The van der Waals surface area contributed by atoms with Crippen molar-refractivity contribution in [2.45, 2.75) is 26.2 Å². The summed E-state index contributed by atoms with van der Waals surface area (Å²) in [6.07, 6.45) is 2.55. The molecule has 0 aliphatic heterocycles. The summed E-state index contributed by atoms with van der Waals surface area (Å²) in [5.74, 6) is -0.972. The van der Waals surface area contributed by atoms with Crippen LogP contribution in [0.1, 0.15) is 26.2 Å². The number of carboxylic acids is 1. The maximum atomic E-state index is 12.8. The largest absolute Gasteiger partial charge is 0.481 e. The van der Waals surface area contributed by atoms with E-state index in [0.29, 0.717) is 18.4 Å². The van der Waals surface area contributed by atoms with E-state index < -0.39 is 5.97 Å². The van der Waals surface area contributed by atoms with E-state index in [2.05, 4.69) is 0 Å². The first-order valence-corrected chi connectivity index (χ1v) is 3.86. The standard InChI is InChI=1S/C9H11FO2/c1-6-4-7(5-9(11)12)2-3-8(6)10/h4H,2-3,5H2,1H3,(H,11,12). The monoisotopic (exact) mass is 170 g/mol. The highest BCUT2D eigenvalue weighted by Gasteiger charge is 2.12. The minimum absolute atomic E-state index is 0.0324. The van der Waals surface area contributed by atoms with Crippen molar-refractivity contribution in [1.29, 1.82) is 0 Å². The van der Waals surface area contributed by atoms with Gasteiger partial charge in [-0.25, -0.2) is 4.39 Å². The predicted molar refractivity (Wildman–Crippen MR) is 43.4 cm³/mol. The molecule has 0 saturated carbocycles. The molecule has 0 amide bonds. The Labute approximate surface area is 70.4 Å². The first-order valence-electron chi connectivity index (χ1n) is 3.86. The molecule has 0 fully saturated rings. The van der Waals surface area contributed by atoms with Crippen molar-refractivity contribution in [2.75, 3.05) is 0 Å². The summed E-state index contributed by atoms with van der Waals surface area (Å²) in [4.78, 5) is 10.3. The van der Waals surface area contributed by atoms with Gasteiger partial charge in [0.15, 0.2) is 0 Å². The molecule has 0 heterocycles. The lowest BCUT2D eigenvalue weighted by molar-refractivity contribution is -0.136. The van der Waals surface area contributed by atoms with Gasteiger partial charge in [-0.15, -0.1) is 0 Å². The summed E-state index contributed by atoms with van der Waals surface area (Å²) < 4.78 is 12.8. The fourth-order valence-corrected chi connectivity index (χ4v) is 1.26. The molecule has 0 unspecified atom stereocenters. The van der Waals surface area contributed by atoms with Gasteiger partial charge in [0.2, 0.25) is 0 Å². The summed E-state index contributed by atoms with van der Waals surface area (Å²) in [5.41, 5.74) is 1.37. The van der Waals surface area contributed by atoms with Crippen LogP contribution >= 0.6 is 0 Å². The van der Waals surface area contributed by atoms with E-state index in [1.807, 2.05) is 0 Å². The summed E-state index contributed by atoms with van der Waals surface area (Å²) >= 11 is 0. The van der Waals surface area contributed by atoms with Gasteiger partial charge in [0.05, 0.1) is 6.42 Å². The van der Waals surface area contributed by atoms with E-state index in [-0.39, 0.29) is 12.2 Å². The third kappa shape index (κ3) is 2.19. The number of carbonyl (C=O) groups is 1. The molecule has 66 valence electrons. The van der Waals surface area contributed by atoms with Gasteiger partial charge in [0, 0.05) is 6.42 Å². The van der Waals surface area contributed by atoms with Gasteiger partial charge in [0.1, 0.15) is 5.83 Å². The average molecular weight is 170 g/mol. The van der Waals surface area contributed by atoms with E-state index in [0.717, 1.165) is 5.57 Å². The van der Waals surface area contributed by atoms with Gasteiger partial charge < -0.3 is 5.11 Å². The molecule has 0 radical (unpaired) electrons. The zero-order valence-electron chi connectivity index (χ0n) is 6.93. The zero-order valence-corrected chi connectivity index (χ0v) is 6.93. The number of hydrogen-bond donors (Lipinski definition) is 1. The van der Waals surface area contributed by atoms with Crippen LogP contribution in [0.5, 0.6) is 0 Å². The van der Waals surface area contributed by atoms with E-state index in [4.69, 9.17) is 5.11 Å². The highest BCUT2D eigenvalue weighted by Crippen LogP contribution is 2.25. The molecule has 0 atom stereocenters. The maximum Gasteiger partial charge on any atom is 0.307 e. The van der Waals surface area contributed by atoms with Crippen LogP contribution in [0.25, 0.3) is 0 Å². The molecule has 1 N–H and O–H groups in total. The number of aliphatic carboxylic acids is 1. The first kappa shape index (κ1) is 8.97. The van der Waals surface area contributed by atoms with Gasteiger partial charge in [-0.05, 0) is 18.9 Å². The Morgan fingerprint density at radius 3 is 2.83 bits per heavy atom. The highest BCUT2D eigenvalue weighted by molar-refractivity contribution is 5.70. The Morgan fingerprint density at radius 1 is 1.67 bits per heavy atom. The van der Waals surface area contributed by atoms with Crippen molar-refractivity contribution >= 4 is 5.97 Å². The third-order valence-corrected chi connectivity index (χ3v) is 1.89.